The fraction of sp³-hybridized carbons (Fsp3) is 1.00. The summed E-state index contributed by atoms with van der Waals surface area (Å²) < 4.78 is 37.1. The van der Waals surface area contributed by atoms with Crippen LogP contribution in [-0.4, -0.2) is 62.5 Å². The van der Waals surface area contributed by atoms with E-state index in [1.165, 1.54) is 44.9 Å². The molecule has 9 heteroatoms. The van der Waals surface area contributed by atoms with E-state index in [1.54, 1.807) is 0 Å². The lowest BCUT2D eigenvalue weighted by Crippen LogP contribution is -2.59. The zero-order chi connectivity index (χ0) is 31.4. The summed E-state index contributed by atoms with van der Waals surface area (Å²) in [5.74, 6) is 3.21. The highest BCUT2D eigenvalue weighted by Gasteiger charge is 2.62. The topological polar surface area (TPSA) is 134 Å². The van der Waals surface area contributed by atoms with E-state index >= 15 is 0 Å². The molecule has 0 aromatic heterocycles. The van der Waals surface area contributed by atoms with Crippen molar-refractivity contribution in [1.29, 1.82) is 0 Å². The van der Waals surface area contributed by atoms with Crippen molar-refractivity contribution in [3.8, 4) is 0 Å². The molecular weight excluding hydrogens is 562 g/mol. The second-order valence-corrected chi connectivity index (χ2v) is 17.0. The number of hydrogen-bond acceptors (Lipinski definition) is 7. The first kappa shape index (κ1) is 35.6. The predicted molar refractivity (Wildman–Crippen MR) is 174 cm³/mol. The van der Waals surface area contributed by atoms with Crippen LogP contribution in [0.4, 0.5) is 0 Å². The van der Waals surface area contributed by atoms with Crippen LogP contribution in [0.5, 0.6) is 0 Å². The number of nitrogens with two attached hydrogens (primary N) is 1. The Kier molecular flexibility index (Phi) is 12.5. The van der Waals surface area contributed by atoms with Crippen molar-refractivity contribution in [2.45, 2.75) is 136 Å². The van der Waals surface area contributed by atoms with Gasteiger partial charge in [-0.25, -0.2) is 4.18 Å². The van der Waals surface area contributed by atoms with Gasteiger partial charge in [0, 0.05) is 6.04 Å². The summed E-state index contributed by atoms with van der Waals surface area (Å²) in [5.41, 5.74) is 6.13. The third kappa shape index (κ3) is 8.36. The highest BCUT2D eigenvalue weighted by atomic mass is 32.3. The molecule has 4 fully saturated rings. The number of unbranched alkanes of at least 4 members (excludes halogenated alkanes) is 1. The summed E-state index contributed by atoms with van der Waals surface area (Å²) in [5, 5.41) is 19.2. The Hall–Kier alpha value is -0.290. The molecule has 3 unspecified atom stereocenters. The summed E-state index contributed by atoms with van der Waals surface area (Å²) in [6.45, 7) is 15.3. The van der Waals surface area contributed by atoms with Crippen molar-refractivity contribution < 1.29 is 22.3 Å². The summed E-state index contributed by atoms with van der Waals surface area (Å²) >= 11 is 0. The molecule has 6 N–H and O–H groups in total. The van der Waals surface area contributed by atoms with Gasteiger partial charge < -0.3 is 21.5 Å². The first-order chi connectivity index (χ1) is 20.3. The molecule has 252 valence electrons. The van der Waals surface area contributed by atoms with Gasteiger partial charge in [0.15, 0.2) is 0 Å². The average molecular weight is 628 g/mol. The number of aliphatic hydroxyl groups is 1. The average Bonchev–Trinajstić information content (AvgIpc) is 3.29. The molecule has 4 rings (SSSR count). The van der Waals surface area contributed by atoms with Crippen LogP contribution in [0, 0.1) is 52.3 Å². The molecule has 0 amide bonds. The van der Waals surface area contributed by atoms with E-state index in [0.29, 0.717) is 53.4 Å². The van der Waals surface area contributed by atoms with Gasteiger partial charge in [0.2, 0.25) is 0 Å². The van der Waals surface area contributed by atoms with Gasteiger partial charge in [0.1, 0.15) is 0 Å². The van der Waals surface area contributed by atoms with Crippen molar-refractivity contribution >= 4 is 10.4 Å². The van der Waals surface area contributed by atoms with Crippen molar-refractivity contribution in [3.63, 3.8) is 0 Å². The minimum atomic E-state index is -4.45. The Morgan fingerprint density at radius 3 is 2.30 bits per heavy atom. The fourth-order valence-electron chi connectivity index (χ4n) is 10.7. The molecule has 4 saturated carbocycles. The summed E-state index contributed by atoms with van der Waals surface area (Å²) in [6, 6.07) is 0.573. The fourth-order valence-corrected chi connectivity index (χ4v) is 11.3. The molecule has 0 aromatic carbocycles. The third-order valence-corrected chi connectivity index (χ3v) is 13.6. The Morgan fingerprint density at radius 2 is 1.60 bits per heavy atom. The molecule has 4 aliphatic rings. The van der Waals surface area contributed by atoms with Crippen molar-refractivity contribution in [2.24, 2.45) is 58.0 Å². The highest BCUT2D eigenvalue weighted by molar-refractivity contribution is 7.80. The number of aliphatic hydroxyl groups excluding tert-OH is 1. The van der Waals surface area contributed by atoms with Crippen molar-refractivity contribution in [2.75, 3.05) is 26.2 Å². The van der Waals surface area contributed by atoms with E-state index in [-0.39, 0.29) is 17.4 Å². The molecule has 0 saturated heterocycles. The molecule has 0 spiro atoms. The first-order valence-electron chi connectivity index (χ1n) is 17.8. The van der Waals surface area contributed by atoms with Crippen LogP contribution in [0.15, 0.2) is 0 Å². The number of fused-ring (bicyclic) bond motifs is 5. The van der Waals surface area contributed by atoms with Gasteiger partial charge in [0.05, 0.1) is 12.2 Å². The molecule has 11 atom stereocenters. The summed E-state index contributed by atoms with van der Waals surface area (Å²) in [4.78, 5) is 0. The maximum Gasteiger partial charge on any atom is 0.397 e. The molecule has 0 radical (unpaired) electrons. The maximum absolute atomic E-state index is 11.8. The third-order valence-electron chi connectivity index (χ3n) is 13.1. The standard InChI is InChI=1S/C34H65N3O5S/c1-23(2)31(42-43(39,40)41)12-9-24(3)27-10-11-28-32-29(14-16-34(27,28)5)33(4)15-13-26(21-25(33)22-30(32)38)37-20-8-19-36-18-7-6-17-35/h23-32,36-38H,6-22,35H2,1-5H3,(H,39,40,41)/t24-,25+,26+,27-,28?,29?,30-,31-,32?,33+,34-/m1/s1. The molecule has 0 heterocycles. The van der Waals surface area contributed by atoms with Gasteiger partial charge in [-0.1, -0.05) is 34.6 Å². The van der Waals surface area contributed by atoms with E-state index in [0.717, 1.165) is 58.3 Å². The quantitative estimate of drug-likeness (QED) is 0.111. The molecule has 0 aromatic rings. The molecule has 0 bridgehead atoms. The van der Waals surface area contributed by atoms with Crippen molar-refractivity contribution in [1.82, 2.24) is 10.6 Å². The highest BCUT2D eigenvalue weighted by Crippen LogP contribution is 2.68. The van der Waals surface area contributed by atoms with Crippen molar-refractivity contribution in [3.05, 3.63) is 0 Å². The van der Waals surface area contributed by atoms with E-state index in [4.69, 9.17) is 9.92 Å². The minimum Gasteiger partial charge on any atom is -0.393 e. The van der Waals surface area contributed by atoms with E-state index in [1.807, 2.05) is 13.8 Å². The molecule has 8 nitrogen and oxygen atoms in total. The Labute approximate surface area is 263 Å². The monoisotopic (exact) mass is 627 g/mol. The van der Waals surface area contributed by atoms with Crippen LogP contribution in [-0.2, 0) is 14.6 Å². The summed E-state index contributed by atoms with van der Waals surface area (Å²) in [6.07, 6.45) is 13.7. The zero-order valence-electron chi connectivity index (χ0n) is 27.9. The Balaban J connectivity index is 1.32. The zero-order valence-corrected chi connectivity index (χ0v) is 28.7. The van der Waals surface area contributed by atoms with E-state index in [9.17, 15) is 18.1 Å². The van der Waals surface area contributed by atoms with Crippen LogP contribution in [0.3, 0.4) is 0 Å². The molecule has 4 aliphatic carbocycles. The van der Waals surface area contributed by atoms with Crippen LogP contribution >= 0.6 is 0 Å². The Morgan fingerprint density at radius 1 is 0.907 bits per heavy atom. The molecule has 43 heavy (non-hydrogen) atoms. The second-order valence-electron chi connectivity index (χ2n) is 15.9. The normalized spacial score (nSPS) is 39.2. The van der Waals surface area contributed by atoms with Crippen LogP contribution in [0.25, 0.3) is 0 Å². The second kappa shape index (κ2) is 15.1. The maximum atomic E-state index is 11.8. The minimum absolute atomic E-state index is 0.0152. The Bertz CT molecular complexity index is 981. The largest absolute Gasteiger partial charge is 0.397 e. The van der Waals surface area contributed by atoms with Gasteiger partial charge in [-0.3, -0.25) is 4.55 Å². The van der Waals surface area contributed by atoms with Crippen LogP contribution < -0.4 is 16.4 Å². The van der Waals surface area contributed by atoms with Gasteiger partial charge in [-0.15, -0.1) is 0 Å². The smallest absolute Gasteiger partial charge is 0.393 e. The summed E-state index contributed by atoms with van der Waals surface area (Å²) in [7, 11) is -4.45. The van der Waals surface area contributed by atoms with Gasteiger partial charge in [-0.05, 0) is 162 Å². The molecule has 0 aliphatic heterocycles. The van der Waals surface area contributed by atoms with Crippen LogP contribution in [0.2, 0.25) is 0 Å². The lowest BCUT2D eigenvalue weighted by molar-refractivity contribution is -0.167. The van der Waals surface area contributed by atoms with Gasteiger partial charge in [-0.2, -0.15) is 8.42 Å². The van der Waals surface area contributed by atoms with E-state index < -0.39 is 16.5 Å². The van der Waals surface area contributed by atoms with Gasteiger partial charge in [0.25, 0.3) is 0 Å². The predicted octanol–water partition coefficient (Wildman–Crippen LogP) is 5.55. The number of nitrogens with one attached hydrogen (secondary N) is 2. The van der Waals surface area contributed by atoms with Crippen LogP contribution in [0.1, 0.15) is 118 Å². The molecular formula is C34H65N3O5S. The van der Waals surface area contributed by atoms with Gasteiger partial charge >= 0.3 is 10.4 Å². The van der Waals surface area contributed by atoms with E-state index in [2.05, 4.69) is 31.4 Å². The number of hydrogen-bond donors (Lipinski definition) is 5. The SMILES string of the molecule is CC(C)[C@@H](CC[C@@H](C)[C@H]1CCC2C3C(CC[C@@]21C)[C@@]1(C)CC[C@H](NCCCNCCCCN)C[C@H]1C[C@H]3O)OS(=O)(=O)O. The lowest BCUT2D eigenvalue weighted by atomic mass is 9.43. The lowest BCUT2D eigenvalue weighted by Gasteiger charge is -2.62. The number of rotatable bonds is 16. The first-order valence-corrected chi connectivity index (χ1v) is 19.1.